The number of carbonyl (C=O) groups excluding carboxylic acids is 3. The first-order valence-corrected chi connectivity index (χ1v) is 14.1. The molecule has 214 valence electrons. The Morgan fingerprint density at radius 1 is 0.900 bits per heavy atom. The van der Waals surface area contributed by atoms with E-state index in [4.69, 9.17) is 4.74 Å². The molecule has 2 N–H and O–H groups in total. The summed E-state index contributed by atoms with van der Waals surface area (Å²) in [6.45, 7) is 11.7. The minimum Gasteiger partial charge on any atom is -0.444 e. The van der Waals surface area contributed by atoms with Crippen LogP contribution in [-0.2, 0) is 14.3 Å². The van der Waals surface area contributed by atoms with Crippen molar-refractivity contribution < 1.29 is 19.1 Å². The molecule has 3 rings (SSSR count). The Balaban J connectivity index is 1.98. The lowest BCUT2D eigenvalue weighted by Gasteiger charge is -2.35. The van der Waals surface area contributed by atoms with Crippen LogP contribution in [0.2, 0.25) is 0 Å². The van der Waals surface area contributed by atoms with E-state index in [2.05, 4.69) is 10.6 Å². The van der Waals surface area contributed by atoms with E-state index >= 15 is 0 Å². The van der Waals surface area contributed by atoms with Crippen molar-refractivity contribution in [2.45, 2.75) is 78.5 Å². The molecule has 0 aliphatic carbocycles. The average molecular weight is 546 g/mol. The standard InChI is InChI=1S/C33H43N3O4/c1-7-8-20-36(31(38)28(21-23(2)3)35-32(39)40-33(4,5)6)29(25-15-10-9-11-16-25)30(37)34-27-19-18-24-14-12-13-17-26(24)22-27/h9-19,22-23,28-29H,7-8,20-21H2,1-6H3,(H,34,37)(H,35,39). The van der Waals surface area contributed by atoms with Gasteiger partial charge in [0.15, 0.2) is 0 Å². The van der Waals surface area contributed by atoms with Gasteiger partial charge in [-0.15, -0.1) is 0 Å². The maximum absolute atomic E-state index is 14.2. The van der Waals surface area contributed by atoms with Crippen molar-refractivity contribution in [3.8, 4) is 0 Å². The number of hydrogen-bond acceptors (Lipinski definition) is 4. The molecule has 7 nitrogen and oxygen atoms in total. The lowest BCUT2D eigenvalue weighted by molar-refractivity contribution is -0.141. The quantitative estimate of drug-likeness (QED) is 0.269. The van der Waals surface area contributed by atoms with Crippen LogP contribution in [0.15, 0.2) is 72.8 Å². The number of amides is 3. The normalized spacial score (nSPS) is 13.0. The van der Waals surface area contributed by atoms with Crippen molar-refractivity contribution in [3.05, 3.63) is 78.4 Å². The van der Waals surface area contributed by atoms with E-state index in [-0.39, 0.29) is 17.7 Å². The molecule has 0 aliphatic heterocycles. The first kappa shape index (κ1) is 30.7. The number of nitrogens with zero attached hydrogens (tertiary/aromatic N) is 1. The average Bonchev–Trinajstić information content (AvgIpc) is 2.89. The molecule has 0 aromatic heterocycles. The van der Waals surface area contributed by atoms with E-state index in [9.17, 15) is 14.4 Å². The van der Waals surface area contributed by atoms with Crippen LogP contribution in [-0.4, -0.2) is 41.0 Å². The predicted octanol–water partition coefficient (Wildman–Crippen LogP) is 7.09. The van der Waals surface area contributed by atoms with E-state index in [0.29, 0.717) is 30.6 Å². The highest BCUT2D eigenvalue weighted by Crippen LogP contribution is 2.27. The fourth-order valence-electron chi connectivity index (χ4n) is 4.62. The Morgan fingerprint density at radius 3 is 2.17 bits per heavy atom. The summed E-state index contributed by atoms with van der Waals surface area (Å²) in [5.74, 6) is -0.500. The molecule has 3 amide bonds. The number of carbonyl (C=O) groups is 3. The number of nitrogens with one attached hydrogen (secondary N) is 2. The second-order valence-corrected chi connectivity index (χ2v) is 11.6. The molecule has 0 aliphatic rings. The molecule has 0 spiro atoms. The molecule has 0 radical (unpaired) electrons. The zero-order chi connectivity index (χ0) is 29.3. The van der Waals surface area contributed by atoms with Gasteiger partial charge in [-0.2, -0.15) is 0 Å². The van der Waals surface area contributed by atoms with E-state index < -0.39 is 23.8 Å². The molecule has 3 aromatic rings. The van der Waals surface area contributed by atoms with Crippen LogP contribution in [0.4, 0.5) is 10.5 Å². The molecular formula is C33H43N3O4. The summed E-state index contributed by atoms with van der Waals surface area (Å²) >= 11 is 0. The van der Waals surface area contributed by atoms with Crippen molar-refractivity contribution in [1.29, 1.82) is 0 Å². The number of rotatable bonds is 11. The number of unbranched alkanes of at least 4 members (excludes halogenated alkanes) is 1. The first-order valence-electron chi connectivity index (χ1n) is 14.1. The summed E-state index contributed by atoms with van der Waals surface area (Å²) in [5.41, 5.74) is 0.646. The lowest BCUT2D eigenvalue weighted by atomic mass is 9.98. The molecule has 3 aromatic carbocycles. The van der Waals surface area contributed by atoms with E-state index in [1.165, 1.54) is 0 Å². The highest BCUT2D eigenvalue weighted by Gasteiger charge is 2.36. The monoisotopic (exact) mass is 545 g/mol. The van der Waals surface area contributed by atoms with Gasteiger partial charge < -0.3 is 20.3 Å². The van der Waals surface area contributed by atoms with Crippen LogP contribution in [0.25, 0.3) is 10.8 Å². The zero-order valence-corrected chi connectivity index (χ0v) is 24.6. The Kier molecular flexibility index (Phi) is 10.7. The minimum atomic E-state index is -0.887. The van der Waals surface area contributed by atoms with Crippen molar-refractivity contribution in [1.82, 2.24) is 10.2 Å². The number of alkyl carbamates (subject to hydrolysis) is 1. The van der Waals surface area contributed by atoms with Gasteiger partial charge in [-0.3, -0.25) is 9.59 Å². The molecule has 0 saturated heterocycles. The van der Waals surface area contributed by atoms with Crippen LogP contribution in [0.5, 0.6) is 0 Å². The van der Waals surface area contributed by atoms with Crippen molar-refractivity contribution >= 4 is 34.4 Å². The second kappa shape index (κ2) is 14.0. The van der Waals surface area contributed by atoms with E-state index in [0.717, 1.165) is 17.2 Å². The maximum atomic E-state index is 14.2. The van der Waals surface area contributed by atoms with Crippen molar-refractivity contribution in [2.24, 2.45) is 5.92 Å². The zero-order valence-electron chi connectivity index (χ0n) is 24.6. The van der Waals surface area contributed by atoms with Gasteiger partial charge in [0.2, 0.25) is 5.91 Å². The summed E-state index contributed by atoms with van der Waals surface area (Å²) < 4.78 is 5.47. The fraction of sp³-hybridized carbons (Fsp3) is 0.424. The smallest absolute Gasteiger partial charge is 0.408 e. The van der Waals surface area contributed by atoms with E-state index in [1.807, 2.05) is 93.6 Å². The maximum Gasteiger partial charge on any atom is 0.408 e. The summed E-state index contributed by atoms with van der Waals surface area (Å²) in [5, 5.41) is 7.93. The van der Waals surface area contributed by atoms with Gasteiger partial charge in [-0.25, -0.2) is 4.79 Å². The van der Waals surface area contributed by atoms with Gasteiger partial charge in [0.05, 0.1) is 0 Å². The van der Waals surface area contributed by atoms with Gasteiger partial charge in [-0.05, 0) is 68.0 Å². The number of anilines is 1. The molecule has 0 heterocycles. The lowest BCUT2D eigenvalue weighted by Crippen LogP contribution is -2.53. The van der Waals surface area contributed by atoms with Crippen LogP contribution < -0.4 is 10.6 Å². The Morgan fingerprint density at radius 2 is 1.55 bits per heavy atom. The summed E-state index contributed by atoms with van der Waals surface area (Å²) in [4.78, 5) is 42.5. The highest BCUT2D eigenvalue weighted by molar-refractivity contribution is 6.00. The van der Waals surface area contributed by atoms with Crippen LogP contribution in [0, 0.1) is 5.92 Å². The van der Waals surface area contributed by atoms with Crippen molar-refractivity contribution in [3.63, 3.8) is 0 Å². The number of ether oxygens (including phenoxy) is 1. The highest BCUT2D eigenvalue weighted by atomic mass is 16.6. The third-order valence-corrected chi connectivity index (χ3v) is 6.42. The Labute approximate surface area is 238 Å². The summed E-state index contributed by atoms with van der Waals surface area (Å²) in [6, 6.07) is 21.3. The predicted molar refractivity (Wildman–Crippen MR) is 161 cm³/mol. The molecule has 2 unspecified atom stereocenters. The van der Waals surface area contributed by atoms with Crippen LogP contribution in [0.1, 0.15) is 72.4 Å². The number of fused-ring (bicyclic) bond motifs is 1. The molecule has 0 fully saturated rings. The van der Waals surface area contributed by atoms with Crippen LogP contribution in [0.3, 0.4) is 0 Å². The van der Waals surface area contributed by atoms with Gasteiger partial charge in [0.1, 0.15) is 17.7 Å². The van der Waals surface area contributed by atoms with Crippen LogP contribution >= 0.6 is 0 Å². The van der Waals surface area contributed by atoms with Gasteiger partial charge in [0.25, 0.3) is 5.91 Å². The Hall–Kier alpha value is -3.87. The summed E-state index contributed by atoms with van der Waals surface area (Å²) in [6.07, 6.45) is 1.30. The summed E-state index contributed by atoms with van der Waals surface area (Å²) in [7, 11) is 0. The number of benzene rings is 3. The third kappa shape index (κ3) is 8.83. The second-order valence-electron chi connectivity index (χ2n) is 11.6. The molecule has 7 heteroatoms. The molecule has 0 saturated carbocycles. The molecule has 0 bridgehead atoms. The van der Waals surface area contributed by atoms with E-state index in [1.54, 1.807) is 25.7 Å². The molecular weight excluding hydrogens is 502 g/mol. The number of hydrogen-bond donors (Lipinski definition) is 2. The molecule has 40 heavy (non-hydrogen) atoms. The fourth-order valence-corrected chi connectivity index (χ4v) is 4.62. The largest absolute Gasteiger partial charge is 0.444 e. The topological polar surface area (TPSA) is 87.7 Å². The van der Waals surface area contributed by atoms with Gasteiger partial charge >= 0.3 is 6.09 Å². The van der Waals surface area contributed by atoms with Gasteiger partial charge in [-0.1, -0.05) is 87.9 Å². The minimum absolute atomic E-state index is 0.124. The Bertz CT molecular complexity index is 1280. The SMILES string of the molecule is CCCCN(C(=O)C(CC(C)C)NC(=O)OC(C)(C)C)C(C(=O)Nc1ccc2ccccc2c1)c1ccccc1. The van der Waals surface area contributed by atoms with Crippen molar-refractivity contribution in [2.75, 3.05) is 11.9 Å². The van der Waals surface area contributed by atoms with Gasteiger partial charge in [0, 0.05) is 12.2 Å². The first-order chi connectivity index (χ1) is 19.0. The molecule has 2 atom stereocenters. The third-order valence-electron chi connectivity index (χ3n) is 6.42.